The number of ether oxygens (including phenoxy) is 1. The summed E-state index contributed by atoms with van der Waals surface area (Å²) in [6.45, 7) is 2.03. The Balaban J connectivity index is 1.65. The van der Waals surface area contributed by atoms with Gasteiger partial charge in [0.1, 0.15) is 11.0 Å². The lowest BCUT2D eigenvalue weighted by Gasteiger charge is -2.33. The zero-order valence-corrected chi connectivity index (χ0v) is 18.7. The Morgan fingerprint density at radius 3 is 2.64 bits per heavy atom. The van der Waals surface area contributed by atoms with Gasteiger partial charge in [-0.25, -0.2) is 4.68 Å². The fourth-order valence-corrected chi connectivity index (χ4v) is 4.63. The number of alkyl halides is 3. The third-order valence-electron chi connectivity index (χ3n) is 5.17. The predicted octanol–water partition coefficient (Wildman–Crippen LogP) is 4.66. The number of aryl methyl sites for hydroxylation is 1. The summed E-state index contributed by atoms with van der Waals surface area (Å²) in [4.78, 5) is 13.2. The molecule has 1 amide bonds. The van der Waals surface area contributed by atoms with E-state index in [0.29, 0.717) is 17.3 Å². The zero-order chi connectivity index (χ0) is 23.6. The molecule has 3 aromatic rings. The van der Waals surface area contributed by atoms with E-state index in [1.165, 1.54) is 23.9 Å². The number of carbonyl (C=O) groups excluding carboxylic acids is 1. The average Bonchev–Trinajstić information content (AvgIpc) is 3.20. The number of halogens is 3. The maximum Gasteiger partial charge on any atom is 0.416 e. The molecule has 0 spiro atoms. The van der Waals surface area contributed by atoms with Gasteiger partial charge in [0.25, 0.3) is 0 Å². The first kappa shape index (κ1) is 23.0. The molecule has 7 nitrogen and oxygen atoms in total. The van der Waals surface area contributed by atoms with Crippen molar-refractivity contribution in [3.63, 3.8) is 0 Å². The Bertz CT molecular complexity index is 1130. The minimum Gasteiger partial charge on any atom is -0.497 e. The number of nitrogens with zero attached hydrogens (tertiary/aromatic N) is 3. The van der Waals surface area contributed by atoms with E-state index >= 15 is 0 Å². The van der Waals surface area contributed by atoms with Crippen molar-refractivity contribution in [1.82, 2.24) is 14.9 Å². The van der Waals surface area contributed by atoms with Crippen LogP contribution < -0.4 is 15.5 Å². The SMILES string of the molecule is CCCc1nnc2n1NC(c1ccc(OC)cc1)C(C(=O)Nc1cccc(C(F)(F)F)c1)S2. The van der Waals surface area contributed by atoms with Gasteiger partial charge in [-0.05, 0) is 42.3 Å². The van der Waals surface area contributed by atoms with Crippen LogP contribution in [-0.4, -0.2) is 33.1 Å². The van der Waals surface area contributed by atoms with Gasteiger partial charge in [-0.15, -0.1) is 10.2 Å². The predicted molar refractivity (Wildman–Crippen MR) is 119 cm³/mol. The largest absolute Gasteiger partial charge is 0.497 e. The molecule has 2 N–H and O–H groups in total. The second-order valence-electron chi connectivity index (χ2n) is 7.47. The number of nitrogens with one attached hydrogen (secondary N) is 2. The second-order valence-corrected chi connectivity index (χ2v) is 8.58. The number of hydrogen-bond acceptors (Lipinski definition) is 6. The minimum absolute atomic E-state index is 0.0719. The molecular formula is C22H22F3N5O2S. The van der Waals surface area contributed by atoms with Crippen LogP contribution in [0.15, 0.2) is 53.7 Å². The van der Waals surface area contributed by atoms with E-state index in [4.69, 9.17) is 4.74 Å². The highest BCUT2D eigenvalue weighted by Crippen LogP contribution is 2.38. The Hall–Kier alpha value is -3.21. The van der Waals surface area contributed by atoms with Crippen LogP contribution in [0.1, 0.15) is 36.3 Å². The summed E-state index contributed by atoms with van der Waals surface area (Å²) in [6.07, 6.45) is -2.92. The van der Waals surface area contributed by atoms with E-state index in [9.17, 15) is 18.0 Å². The van der Waals surface area contributed by atoms with Crippen molar-refractivity contribution in [3.05, 3.63) is 65.5 Å². The van der Waals surface area contributed by atoms with Crippen molar-refractivity contribution in [1.29, 1.82) is 0 Å². The van der Waals surface area contributed by atoms with E-state index < -0.39 is 28.9 Å². The van der Waals surface area contributed by atoms with E-state index in [1.807, 2.05) is 19.1 Å². The van der Waals surface area contributed by atoms with E-state index in [2.05, 4.69) is 20.9 Å². The van der Waals surface area contributed by atoms with E-state index in [1.54, 1.807) is 23.9 Å². The lowest BCUT2D eigenvalue weighted by Crippen LogP contribution is -2.41. The first-order valence-electron chi connectivity index (χ1n) is 10.3. The fraction of sp³-hybridized carbons (Fsp3) is 0.318. The molecule has 0 saturated carbocycles. The summed E-state index contributed by atoms with van der Waals surface area (Å²) in [6, 6.07) is 11.4. The summed E-state index contributed by atoms with van der Waals surface area (Å²) in [7, 11) is 1.56. The number of aromatic nitrogens is 3. The van der Waals surface area contributed by atoms with Crippen LogP contribution >= 0.6 is 11.8 Å². The molecule has 4 rings (SSSR count). The van der Waals surface area contributed by atoms with Gasteiger partial charge in [-0.1, -0.05) is 36.9 Å². The summed E-state index contributed by atoms with van der Waals surface area (Å²) < 4.78 is 46.2. The Morgan fingerprint density at radius 1 is 1.21 bits per heavy atom. The number of hydrogen-bond donors (Lipinski definition) is 2. The minimum atomic E-state index is -4.50. The molecule has 174 valence electrons. The van der Waals surface area contributed by atoms with Gasteiger partial charge in [0.2, 0.25) is 11.1 Å². The molecule has 1 aromatic heterocycles. The van der Waals surface area contributed by atoms with Gasteiger partial charge in [0.15, 0.2) is 5.82 Å². The van der Waals surface area contributed by atoms with Crippen LogP contribution in [0.5, 0.6) is 5.75 Å². The fourth-order valence-electron chi connectivity index (χ4n) is 3.53. The summed E-state index contributed by atoms with van der Waals surface area (Å²) in [5.41, 5.74) is 3.38. The highest BCUT2D eigenvalue weighted by atomic mass is 32.2. The lowest BCUT2D eigenvalue weighted by atomic mass is 10.0. The average molecular weight is 478 g/mol. The number of amides is 1. The van der Waals surface area contributed by atoms with Crippen molar-refractivity contribution in [2.75, 3.05) is 17.9 Å². The standard InChI is InChI=1S/C22H22F3N5O2S/c1-3-5-17-27-28-21-30(17)29-18(13-8-10-16(32-2)11-9-13)19(33-21)20(31)26-15-7-4-6-14(12-15)22(23,24)25/h4,6-12,18-19,29H,3,5H2,1-2H3,(H,26,31). The first-order chi connectivity index (χ1) is 15.8. The quantitative estimate of drug-likeness (QED) is 0.538. The van der Waals surface area contributed by atoms with Crippen molar-refractivity contribution in [2.45, 2.75) is 42.4 Å². The van der Waals surface area contributed by atoms with Crippen molar-refractivity contribution in [2.24, 2.45) is 0 Å². The summed E-state index contributed by atoms with van der Waals surface area (Å²) >= 11 is 1.22. The first-order valence-corrected chi connectivity index (χ1v) is 11.2. The molecule has 0 fully saturated rings. The van der Waals surface area contributed by atoms with Gasteiger partial charge in [-0.2, -0.15) is 13.2 Å². The maximum atomic E-state index is 13.2. The third kappa shape index (κ3) is 4.92. The molecule has 0 bridgehead atoms. The molecule has 0 saturated heterocycles. The van der Waals surface area contributed by atoms with E-state index in [-0.39, 0.29) is 5.69 Å². The van der Waals surface area contributed by atoms with Crippen LogP contribution in [0.4, 0.5) is 18.9 Å². The van der Waals surface area contributed by atoms with Crippen LogP contribution in [0.3, 0.4) is 0 Å². The van der Waals surface area contributed by atoms with Crippen molar-refractivity contribution < 1.29 is 22.7 Å². The van der Waals surface area contributed by atoms with E-state index in [0.717, 1.165) is 29.9 Å². The summed E-state index contributed by atoms with van der Waals surface area (Å²) in [5, 5.41) is 10.8. The smallest absolute Gasteiger partial charge is 0.416 e. The monoisotopic (exact) mass is 477 g/mol. The third-order valence-corrected chi connectivity index (χ3v) is 6.38. The lowest BCUT2D eigenvalue weighted by molar-refractivity contribution is -0.137. The molecule has 2 atom stereocenters. The van der Waals surface area contributed by atoms with Crippen molar-refractivity contribution in [3.8, 4) is 5.75 Å². The number of rotatable bonds is 6. The maximum absolute atomic E-state index is 13.2. The van der Waals surface area contributed by atoms with Crippen LogP contribution in [-0.2, 0) is 17.4 Å². The van der Waals surface area contributed by atoms with Gasteiger partial charge >= 0.3 is 6.18 Å². The molecule has 0 aliphatic carbocycles. The number of carbonyl (C=O) groups is 1. The van der Waals surface area contributed by atoms with Gasteiger partial charge in [-0.3, -0.25) is 4.79 Å². The number of thioether (sulfide) groups is 1. The Labute approximate surface area is 192 Å². The van der Waals surface area contributed by atoms with Crippen LogP contribution in [0, 0.1) is 0 Å². The molecule has 2 heterocycles. The second kappa shape index (κ2) is 9.34. The number of anilines is 1. The number of benzene rings is 2. The molecule has 2 unspecified atom stereocenters. The molecule has 1 aliphatic heterocycles. The number of methoxy groups -OCH3 is 1. The highest BCUT2D eigenvalue weighted by Gasteiger charge is 2.38. The molecule has 0 radical (unpaired) electrons. The topological polar surface area (TPSA) is 81.1 Å². The Kier molecular flexibility index (Phi) is 6.50. The molecule has 2 aromatic carbocycles. The molecule has 1 aliphatic rings. The van der Waals surface area contributed by atoms with Crippen molar-refractivity contribution >= 4 is 23.4 Å². The van der Waals surface area contributed by atoms with Crippen LogP contribution in [0.2, 0.25) is 0 Å². The zero-order valence-electron chi connectivity index (χ0n) is 17.9. The highest BCUT2D eigenvalue weighted by molar-refractivity contribution is 8.00. The van der Waals surface area contributed by atoms with Gasteiger partial charge < -0.3 is 15.5 Å². The Morgan fingerprint density at radius 2 is 1.97 bits per heavy atom. The van der Waals surface area contributed by atoms with Crippen LogP contribution in [0.25, 0.3) is 0 Å². The van der Waals surface area contributed by atoms with Gasteiger partial charge in [0.05, 0.1) is 18.7 Å². The number of fused-ring (bicyclic) bond motifs is 1. The van der Waals surface area contributed by atoms with Gasteiger partial charge in [0, 0.05) is 12.1 Å². The normalized spacial score (nSPS) is 17.7. The summed E-state index contributed by atoms with van der Waals surface area (Å²) in [5.74, 6) is 0.970. The molecular weight excluding hydrogens is 455 g/mol. The molecule has 33 heavy (non-hydrogen) atoms. The molecule has 11 heteroatoms.